The van der Waals surface area contributed by atoms with Gasteiger partial charge in [-0.3, -0.25) is 0 Å². The molecule has 4 heteroatoms. The molecule has 0 unspecified atom stereocenters. The maximum absolute atomic E-state index is 9.52. The summed E-state index contributed by atoms with van der Waals surface area (Å²) in [5.41, 5.74) is 1.81. The second-order valence-corrected chi connectivity index (χ2v) is 5.03. The molecule has 0 aliphatic carbocycles. The largest absolute Gasteiger partial charge is 0.439 e. The van der Waals surface area contributed by atoms with Crippen LogP contribution in [0.2, 0.25) is 0 Å². The first-order valence-electron chi connectivity index (χ1n) is 5.64. The number of halogens is 1. The molecule has 18 heavy (non-hydrogen) atoms. The van der Waals surface area contributed by atoms with Crippen molar-refractivity contribution in [3.05, 3.63) is 52.1 Å². The molecule has 0 amide bonds. The van der Waals surface area contributed by atoms with E-state index in [1.165, 1.54) is 0 Å². The quantitative estimate of drug-likeness (QED) is 0.932. The summed E-state index contributed by atoms with van der Waals surface area (Å²) in [7, 11) is 0. The first-order chi connectivity index (χ1) is 8.56. The van der Waals surface area contributed by atoms with Crippen molar-refractivity contribution in [3.63, 3.8) is 0 Å². The van der Waals surface area contributed by atoms with Crippen LogP contribution >= 0.6 is 15.9 Å². The van der Waals surface area contributed by atoms with Gasteiger partial charge in [-0.05, 0) is 43.2 Å². The number of nitrogens with zero attached hydrogens (tertiary/aromatic N) is 1. The Morgan fingerprint density at radius 1 is 1.28 bits per heavy atom. The summed E-state index contributed by atoms with van der Waals surface area (Å²) in [6, 6.07) is 9.34. The molecule has 0 saturated carbocycles. The van der Waals surface area contributed by atoms with Gasteiger partial charge in [-0.25, -0.2) is 4.98 Å². The van der Waals surface area contributed by atoms with Gasteiger partial charge in [-0.15, -0.1) is 0 Å². The van der Waals surface area contributed by atoms with Gasteiger partial charge in [-0.2, -0.15) is 0 Å². The third kappa shape index (κ3) is 3.09. The SMILES string of the molecule is Cc1ccc(Br)cc1Oc1cc([C@H](C)O)ccn1. The van der Waals surface area contributed by atoms with Crippen LogP contribution in [0.3, 0.4) is 0 Å². The van der Waals surface area contributed by atoms with Crippen LogP contribution in [0.1, 0.15) is 24.2 Å². The standard InChI is InChI=1S/C14H14BrNO2/c1-9-3-4-12(15)8-13(9)18-14-7-11(10(2)17)5-6-16-14/h3-8,10,17H,1-2H3/t10-/m0/s1. The average Bonchev–Trinajstić information content (AvgIpc) is 2.34. The summed E-state index contributed by atoms with van der Waals surface area (Å²) in [5.74, 6) is 1.23. The van der Waals surface area contributed by atoms with E-state index in [0.29, 0.717) is 5.88 Å². The van der Waals surface area contributed by atoms with E-state index in [9.17, 15) is 5.11 Å². The van der Waals surface area contributed by atoms with E-state index >= 15 is 0 Å². The van der Waals surface area contributed by atoms with Crippen LogP contribution in [0.25, 0.3) is 0 Å². The van der Waals surface area contributed by atoms with Crippen molar-refractivity contribution in [3.8, 4) is 11.6 Å². The Labute approximate surface area is 115 Å². The first-order valence-corrected chi connectivity index (χ1v) is 6.43. The van der Waals surface area contributed by atoms with Gasteiger partial charge in [-0.1, -0.05) is 22.0 Å². The fourth-order valence-electron chi connectivity index (χ4n) is 1.54. The number of rotatable bonds is 3. The number of aliphatic hydroxyl groups is 1. The third-order valence-corrected chi connectivity index (χ3v) is 3.10. The summed E-state index contributed by atoms with van der Waals surface area (Å²) in [5, 5.41) is 9.52. The molecule has 0 aliphatic rings. The minimum absolute atomic E-state index is 0.481. The average molecular weight is 308 g/mol. The molecule has 2 rings (SSSR count). The van der Waals surface area contributed by atoms with Crippen LogP contribution in [0, 0.1) is 6.92 Å². The van der Waals surface area contributed by atoms with Gasteiger partial charge in [0.25, 0.3) is 0 Å². The summed E-state index contributed by atoms with van der Waals surface area (Å²) in [6.45, 7) is 3.68. The monoisotopic (exact) mass is 307 g/mol. The van der Waals surface area contributed by atoms with E-state index in [2.05, 4.69) is 20.9 Å². The molecular formula is C14H14BrNO2. The number of ether oxygens (including phenoxy) is 1. The lowest BCUT2D eigenvalue weighted by atomic mass is 10.2. The third-order valence-electron chi connectivity index (χ3n) is 2.61. The van der Waals surface area contributed by atoms with Gasteiger partial charge in [0.1, 0.15) is 5.75 Å². The number of aromatic nitrogens is 1. The molecule has 0 radical (unpaired) electrons. The highest BCUT2D eigenvalue weighted by Gasteiger charge is 2.06. The predicted octanol–water partition coefficient (Wildman–Crippen LogP) is 4.00. The van der Waals surface area contributed by atoms with Crippen molar-refractivity contribution in [2.45, 2.75) is 20.0 Å². The lowest BCUT2D eigenvalue weighted by molar-refractivity contribution is 0.198. The molecule has 1 N–H and O–H groups in total. The van der Waals surface area contributed by atoms with Gasteiger partial charge < -0.3 is 9.84 Å². The van der Waals surface area contributed by atoms with Crippen molar-refractivity contribution >= 4 is 15.9 Å². The molecule has 1 aromatic heterocycles. The van der Waals surface area contributed by atoms with Crippen molar-refractivity contribution in [1.82, 2.24) is 4.98 Å². The fraction of sp³-hybridized carbons (Fsp3) is 0.214. The summed E-state index contributed by atoms with van der Waals surface area (Å²) < 4.78 is 6.68. The lowest BCUT2D eigenvalue weighted by Gasteiger charge is -2.10. The highest BCUT2D eigenvalue weighted by molar-refractivity contribution is 9.10. The number of aliphatic hydroxyl groups excluding tert-OH is 1. The first kappa shape index (κ1) is 13.1. The predicted molar refractivity (Wildman–Crippen MR) is 73.8 cm³/mol. The zero-order chi connectivity index (χ0) is 13.1. The lowest BCUT2D eigenvalue weighted by Crippen LogP contribution is -1.95. The minimum Gasteiger partial charge on any atom is -0.439 e. The Hall–Kier alpha value is -1.39. The van der Waals surface area contributed by atoms with Crippen LogP contribution in [0.4, 0.5) is 0 Å². The normalized spacial score (nSPS) is 12.2. The number of benzene rings is 1. The molecule has 0 saturated heterocycles. The Morgan fingerprint density at radius 3 is 2.78 bits per heavy atom. The molecule has 1 atom stereocenters. The van der Waals surface area contributed by atoms with Gasteiger partial charge in [0, 0.05) is 16.7 Å². The molecule has 0 bridgehead atoms. The Balaban J connectivity index is 2.28. The maximum Gasteiger partial charge on any atom is 0.219 e. The van der Waals surface area contributed by atoms with Crippen molar-refractivity contribution in [1.29, 1.82) is 0 Å². The van der Waals surface area contributed by atoms with Crippen molar-refractivity contribution in [2.24, 2.45) is 0 Å². The minimum atomic E-state index is -0.529. The molecule has 94 valence electrons. The molecule has 3 nitrogen and oxygen atoms in total. The van der Waals surface area contributed by atoms with E-state index in [1.807, 2.05) is 25.1 Å². The highest BCUT2D eigenvalue weighted by atomic mass is 79.9. The summed E-state index contributed by atoms with van der Waals surface area (Å²) >= 11 is 3.41. The van der Waals surface area contributed by atoms with Gasteiger partial charge in [0.15, 0.2) is 0 Å². The van der Waals surface area contributed by atoms with Crippen LogP contribution in [-0.4, -0.2) is 10.1 Å². The van der Waals surface area contributed by atoms with Crippen molar-refractivity contribution in [2.75, 3.05) is 0 Å². The summed E-state index contributed by atoms with van der Waals surface area (Å²) in [6.07, 6.45) is 1.10. The molecule has 0 fully saturated rings. The zero-order valence-corrected chi connectivity index (χ0v) is 11.8. The number of hydrogen-bond donors (Lipinski definition) is 1. The maximum atomic E-state index is 9.52. The van der Waals surface area contributed by atoms with E-state index in [0.717, 1.165) is 21.3 Å². The van der Waals surface area contributed by atoms with Gasteiger partial charge in [0.05, 0.1) is 6.10 Å². The van der Waals surface area contributed by atoms with E-state index in [1.54, 1.807) is 25.3 Å². The molecule has 2 aromatic rings. The second-order valence-electron chi connectivity index (χ2n) is 4.12. The van der Waals surface area contributed by atoms with Crippen LogP contribution in [0.5, 0.6) is 11.6 Å². The summed E-state index contributed by atoms with van der Waals surface area (Å²) in [4.78, 5) is 4.14. The van der Waals surface area contributed by atoms with E-state index < -0.39 is 6.10 Å². The Bertz CT molecular complexity index is 555. The molecule has 1 aromatic carbocycles. The van der Waals surface area contributed by atoms with E-state index in [-0.39, 0.29) is 0 Å². The fourth-order valence-corrected chi connectivity index (χ4v) is 1.88. The molecule has 1 heterocycles. The van der Waals surface area contributed by atoms with Crippen LogP contribution < -0.4 is 4.74 Å². The van der Waals surface area contributed by atoms with Crippen LogP contribution in [-0.2, 0) is 0 Å². The van der Waals surface area contributed by atoms with Crippen LogP contribution in [0.15, 0.2) is 41.0 Å². The Kier molecular flexibility index (Phi) is 3.99. The van der Waals surface area contributed by atoms with Gasteiger partial charge in [0.2, 0.25) is 5.88 Å². The van der Waals surface area contributed by atoms with Gasteiger partial charge >= 0.3 is 0 Å². The van der Waals surface area contributed by atoms with E-state index in [4.69, 9.17) is 4.74 Å². The number of aryl methyl sites for hydroxylation is 1. The highest BCUT2D eigenvalue weighted by Crippen LogP contribution is 2.28. The molecule has 0 spiro atoms. The number of pyridine rings is 1. The topological polar surface area (TPSA) is 42.4 Å². The number of hydrogen-bond acceptors (Lipinski definition) is 3. The molecular weight excluding hydrogens is 294 g/mol. The second kappa shape index (κ2) is 5.50. The zero-order valence-electron chi connectivity index (χ0n) is 10.2. The molecule has 0 aliphatic heterocycles. The smallest absolute Gasteiger partial charge is 0.219 e. The van der Waals surface area contributed by atoms with Crippen molar-refractivity contribution < 1.29 is 9.84 Å². The Morgan fingerprint density at radius 2 is 2.06 bits per heavy atom.